The Morgan fingerprint density at radius 3 is 1.71 bits per heavy atom. The molecule has 0 spiro atoms. The summed E-state index contributed by atoms with van der Waals surface area (Å²) in [5.41, 5.74) is -3.97. The zero-order valence-electron chi connectivity index (χ0n) is 30.6. The van der Waals surface area contributed by atoms with E-state index < -0.39 is 82.4 Å². The molecule has 0 aromatic heterocycles. The lowest BCUT2D eigenvalue weighted by atomic mass is 9.78. The van der Waals surface area contributed by atoms with E-state index in [1.807, 2.05) is 0 Å². The monoisotopic (exact) mass is 838 g/mol. The van der Waals surface area contributed by atoms with Gasteiger partial charge in [0, 0.05) is 0 Å². The minimum absolute atomic E-state index is 0.0456. The van der Waals surface area contributed by atoms with Crippen LogP contribution in [0.4, 0.5) is 35.1 Å². The number of carbonyl (C=O) groups is 1. The highest BCUT2D eigenvalue weighted by atomic mass is 32.2. The Hall–Kier alpha value is -3.51. The van der Waals surface area contributed by atoms with Crippen LogP contribution in [0.2, 0.25) is 0 Å². The van der Waals surface area contributed by atoms with Gasteiger partial charge in [0.15, 0.2) is 24.8 Å². The van der Waals surface area contributed by atoms with Crippen molar-refractivity contribution in [1.82, 2.24) is 0 Å². The second-order valence-electron chi connectivity index (χ2n) is 14.9. The van der Waals surface area contributed by atoms with Crippen molar-refractivity contribution in [1.29, 1.82) is 0 Å². The molecule has 3 aromatic rings. The molecule has 56 heavy (non-hydrogen) atoms. The summed E-state index contributed by atoms with van der Waals surface area (Å²) in [6.45, 7) is 7.10. The Morgan fingerprint density at radius 2 is 1.29 bits per heavy atom. The van der Waals surface area contributed by atoms with Crippen LogP contribution in [0.5, 0.6) is 0 Å². The van der Waals surface area contributed by atoms with E-state index in [4.69, 9.17) is 4.74 Å². The van der Waals surface area contributed by atoms with Crippen molar-refractivity contribution in [2.45, 2.75) is 95.9 Å². The molecule has 2 fully saturated rings. The predicted octanol–water partition coefficient (Wildman–Crippen LogP) is 8.98. The number of rotatable bonds is 12. The van der Waals surface area contributed by atoms with Crippen LogP contribution in [-0.4, -0.2) is 66.6 Å². The highest BCUT2D eigenvalue weighted by molar-refractivity contribution is 7.97. The molecule has 0 aliphatic heterocycles. The quantitative estimate of drug-likeness (QED) is 0.0637. The fourth-order valence-corrected chi connectivity index (χ4v) is 9.14. The fourth-order valence-electron chi connectivity index (χ4n) is 6.83. The van der Waals surface area contributed by atoms with E-state index in [1.54, 1.807) is 0 Å². The van der Waals surface area contributed by atoms with Gasteiger partial charge in [-0.3, -0.25) is 0 Å². The molecule has 2 bridgehead atoms. The minimum atomic E-state index is -6.02. The standard InChI is InChI=1S/C22H23S.C17H20F8O7S/c1-22(2,3)18-14-16-21(17-15-18)23(19-10-6-4-7-11-19)20-12-8-5-9-13-20;1-8(6-31-7-15(18,19)33(28,29)30)13(26)32-12-4-9-2-10(11(12)3-9)5-14(27,16(20,21)22)17(23,24)25/h4-17H,1-3H3;9-12,27H,1-7H2,(H,28,29,30)/q+1;/p-1. The maximum absolute atomic E-state index is 13.0. The predicted molar refractivity (Wildman–Crippen MR) is 191 cm³/mol. The van der Waals surface area contributed by atoms with E-state index in [9.17, 15) is 58.0 Å². The summed E-state index contributed by atoms with van der Waals surface area (Å²) in [6, 6.07) is 30.7. The molecule has 0 radical (unpaired) electrons. The third-order valence-corrected chi connectivity index (χ3v) is 12.8. The highest BCUT2D eigenvalue weighted by Crippen LogP contribution is 2.56. The molecule has 308 valence electrons. The van der Waals surface area contributed by atoms with Gasteiger partial charge < -0.3 is 19.1 Å². The largest absolute Gasteiger partial charge is 0.743 e. The van der Waals surface area contributed by atoms with Gasteiger partial charge in [0.25, 0.3) is 5.60 Å². The Bertz CT molecular complexity index is 1840. The van der Waals surface area contributed by atoms with Gasteiger partial charge in [0.05, 0.1) is 23.1 Å². The second-order valence-corrected chi connectivity index (χ2v) is 18.4. The molecule has 0 amide bonds. The summed E-state index contributed by atoms with van der Waals surface area (Å²) < 4.78 is 144. The van der Waals surface area contributed by atoms with Gasteiger partial charge in [-0.25, -0.2) is 13.2 Å². The van der Waals surface area contributed by atoms with E-state index in [0.717, 1.165) is 0 Å². The zero-order chi connectivity index (χ0) is 41.9. The number of esters is 1. The number of fused-ring (bicyclic) bond motifs is 2. The third kappa shape index (κ3) is 10.7. The topological polar surface area (TPSA) is 113 Å². The molecule has 17 heteroatoms. The maximum Gasteiger partial charge on any atom is 0.426 e. The zero-order valence-corrected chi connectivity index (χ0v) is 32.2. The number of alkyl halides is 8. The third-order valence-electron chi connectivity index (χ3n) is 9.76. The average molecular weight is 839 g/mol. The molecule has 0 heterocycles. The number of hydrogen-bond acceptors (Lipinski definition) is 7. The summed E-state index contributed by atoms with van der Waals surface area (Å²) in [7, 11) is -6.07. The first-order valence-corrected chi connectivity index (χ1v) is 20.0. The lowest BCUT2D eigenvalue weighted by Gasteiger charge is -2.38. The van der Waals surface area contributed by atoms with E-state index in [0.29, 0.717) is 0 Å². The Labute approximate surface area is 323 Å². The van der Waals surface area contributed by atoms with Gasteiger partial charge >= 0.3 is 23.6 Å². The first-order valence-electron chi connectivity index (χ1n) is 17.4. The van der Waals surface area contributed by atoms with E-state index in [1.165, 1.54) is 20.2 Å². The van der Waals surface area contributed by atoms with Crippen molar-refractivity contribution in [2.75, 3.05) is 13.2 Å². The van der Waals surface area contributed by atoms with Gasteiger partial charge in [-0.15, -0.1) is 0 Å². The van der Waals surface area contributed by atoms with Crippen molar-refractivity contribution in [3.63, 3.8) is 0 Å². The highest BCUT2D eigenvalue weighted by Gasteiger charge is 2.71. The molecular formula is C39H42F8O7S2. The van der Waals surface area contributed by atoms with Crippen LogP contribution in [0.1, 0.15) is 52.0 Å². The summed E-state index contributed by atoms with van der Waals surface area (Å²) in [5, 5.41) is 4.66. The van der Waals surface area contributed by atoms with Gasteiger partial charge in [0.2, 0.25) is 0 Å². The van der Waals surface area contributed by atoms with Crippen LogP contribution in [0.25, 0.3) is 0 Å². The van der Waals surface area contributed by atoms with Crippen LogP contribution in [0.3, 0.4) is 0 Å². The first-order chi connectivity index (χ1) is 25.7. The van der Waals surface area contributed by atoms with E-state index in [2.05, 4.69) is 117 Å². The molecule has 7 nitrogen and oxygen atoms in total. The molecule has 4 atom stereocenters. The first kappa shape index (κ1) is 45.2. The van der Waals surface area contributed by atoms with Crippen LogP contribution < -0.4 is 0 Å². The molecule has 5 rings (SSSR count). The molecule has 2 aliphatic rings. The van der Waals surface area contributed by atoms with Gasteiger partial charge in [0.1, 0.15) is 12.7 Å². The summed E-state index contributed by atoms with van der Waals surface area (Å²) in [6.07, 6.45) is -14.5. The van der Waals surface area contributed by atoms with Crippen LogP contribution in [0, 0.1) is 17.8 Å². The molecule has 3 aromatic carbocycles. The molecular weight excluding hydrogens is 797 g/mol. The van der Waals surface area contributed by atoms with E-state index in [-0.39, 0.29) is 41.5 Å². The van der Waals surface area contributed by atoms with Crippen molar-refractivity contribution in [3.05, 3.63) is 103 Å². The molecule has 2 aliphatic carbocycles. The van der Waals surface area contributed by atoms with Crippen LogP contribution in [0.15, 0.2) is 112 Å². The van der Waals surface area contributed by atoms with Crippen molar-refractivity contribution < 1.29 is 67.5 Å². The Balaban J connectivity index is 0.000000264. The minimum Gasteiger partial charge on any atom is -0.743 e. The van der Waals surface area contributed by atoms with E-state index >= 15 is 0 Å². The lowest BCUT2D eigenvalue weighted by Crippen LogP contribution is -2.58. The lowest BCUT2D eigenvalue weighted by molar-refractivity contribution is -0.373. The van der Waals surface area contributed by atoms with Crippen LogP contribution in [-0.2, 0) is 40.7 Å². The van der Waals surface area contributed by atoms with Gasteiger partial charge in [-0.1, -0.05) is 75.9 Å². The summed E-state index contributed by atoms with van der Waals surface area (Å²) >= 11 is 0. The van der Waals surface area contributed by atoms with Crippen LogP contribution >= 0.6 is 0 Å². The second kappa shape index (κ2) is 17.1. The van der Waals surface area contributed by atoms with Crippen molar-refractivity contribution in [3.8, 4) is 0 Å². The molecule has 2 saturated carbocycles. The summed E-state index contributed by atoms with van der Waals surface area (Å²) in [4.78, 5) is 16.2. The average Bonchev–Trinajstić information content (AvgIpc) is 3.68. The van der Waals surface area contributed by atoms with Gasteiger partial charge in [-0.2, -0.15) is 35.1 Å². The number of carbonyl (C=O) groups excluding carboxylic acids is 1. The normalized spacial score (nSPS) is 20.4. The van der Waals surface area contributed by atoms with Crippen molar-refractivity contribution in [2.24, 2.45) is 17.8 Å². The Kier molecular flexibility index (Phi) is 13.8. The van der Waals surface area contributed by atoms with Gasteiger partial charge in [-0.05, 0) is 90.8 Å². The molecule has 4 unspecified atom stereocenters. The fraction of sp³-hybridized carbons (Fsp3) is 0.462. The number of hydrogen-bond donors (Lipinski definition) is 1. The number of benzene rings is 3. The molecule has 1 N–H and O–H groups in total. The van der Waals surface area contributed by atoms with Crippen molar-refractivity contribution >= 4 is 27.0 Å². The molecule has 0 saturated heterocycles. The number of ether oxygens (including phenoxy) is 2. The SMILES string of the molecule is C=C(COCC(F)(F)S(=O)(=O)[O-])C(=O)OC1CC2CC(CC(O)(C(F)(F)F)C(F)(F)F)C1C2.CC(C)(C)c1ccc([S+](c2ccccc2)c2ccccc2)cc1. The maximum atomic E-state index is 13.0. The summed E-state index contributed by atoms with van der Waals surface area (Å²) in [5.74, 6) is -3.78. The number of aliphatic hydroxyl groups is 1. The Morgan fingerprint density at radius 1 is 0.804 bits per heavy atom. The smallest absolute Gasteiger partial charge is 0.426 e. The number of halogens is 8.